The Balaban J connectivity index is 1.95. The van der Waals surface area contributed by atoms with Gasteiger partial charge in [0, 0.05) is 18.1 Å². The van der Waals surface area contributed by atoms with Gasteiger partial charge in [0.25, 0.3) is 0 Å². The molecule has 2 aliphatic rings. The van der Waals surface area contributed by atoms with Crippen molar-refractivity contribution >= 4 is 0 Å². The summed E-state index contributed by atoms with van der Waals surface area (Å²) >= 11 is 0. The molecule has 0 bridgehead atoms. The molecular weight excluding hydrogens is 220 g/mol. The maximum absolute atomic E-state index is 3.84. The predicted molar refractivity (Wildman–Crippen MR) is 78.9 cm³/mol. The van der Waals surface area contributed by atoms with Gasteiger partial charge in [-0.05, 0) is 70.9 Å². The van der Waals surface area contributed by atoms with Crippen molar-refractivity contribution in [3.8, 4) is 0 Å². The zero-order valence-electron chi connectivity index (χ0n) is 12.8. The van der Waals surface area contributed by atoms with Crippen LogP contribution in [0.1, 0.15) is 59.8 Å². The van der Waals surface area contributed by atoms with Crippen LogP contribution in [-0.2, 0) is 0 Å². The predicted octanol–water partition coefficient (Wildman–Crippen LogP) is 3.28. The highest BCUT2D eigenvalue weighted by Crippen LogP contribution is 2.36. The first-order valence-electron chi connectivity index (χ1n) is 8.02. The number of hydrogen-bond donors (Lipinski definition) is 1. The molecule has 0 radical (unpaired) electrons. The van der Waals surface area contributed by atoms with E-state index >= 15 is 0 Å². The summed E-state index contributed by atoms with van der Waals surface area (Å²) in [6.07, 6.45) is 7.01. The van der Waals surface area contributed by atoms with Gasteiger partial charge >= 0.3 is 0 Å². The molecule has 2 heterocycles. The topological polar surface area (TPSA) is 15.3 Å². The summed E-state index contributed by atoms with van der Waals surface area (Å²) in [5, 5.41) is 3.84. The Morgan fingerprint density at radius 1 is 1.22 bits per heavy atom. The normalized spacial score (nSPS) is 34.7. The van der Waals surface area contributed by atoms with Crippen LogP contribution in [0, 0.1) is 11.8 Å². The molecule has 2 unspecified atom stereocenters. The molecule has 0 aromatic carbocycles. The van der Waals surface area contributed by atoms with Crippen LogP contribution in [-0.4, -0.2) is 36.1 Å². The molecule has 2 saturated heterocycles. The van der Waals surface area contributed by atoms with Crippen LogP contribution >= 0.6 is 0 Å². The summed E-state index contributed by atoms with van der Waals surface area (Å²) in [6, 6.07) is 0.722. The van der Waals surface area contributed by atoms with Crippen molar-refractivity contribution in [1.29, 1.82) is 0 Å². The van der Waals surface area contributed by atoms with Gasteiger partial charge in [-0.15, -0.1) is 0 Å². The largest absolute Gasteiger partial charge is 0.311 e. The minimum atomic E-state index is 0.449. The van der Waals surface area contributed by atoms with Gasteiger partial charge in [-0.3, -0.25) is 0 Å². The van der Waals surface area contributed by atoms with E-state index in [2.05, 4.69) is 37.9 Å². The summed E-state index contributed by atoms with van der Waals surface area (Å²) in [7, 11) is 0. The molecule has 0 aromatic rings. The molecular formula is C16H32N2. The average Bonchev–Trinajstić information content (AvgIpc) is 2.79. The lowest BCUT2D eigenvalue weighted by molar-refractivity contribution is 0.104. The number of hydrogen-bond acceptors (Lipinski definition) is 2. The van der Waals surface area contributed by atoms with Gasteiger partial charge in [0.2, 0.25) is 0 Å². The van der Waals surface area contributed by atoms with E-state index in [1.807, 2.05) is 0 Å². The minimum absolute atomic E-state index is 0.449. The molecule has 0 aliphatic carbocycles. The van der Waals surface area contributed by atoms with Gasteiger partial charge in [0.1, 0.15) is 0 Å². The van der Waals surface area contributed by atoms with Crippen LogP contribution in [0.2, 0.25) is 0 Å². The average molecular weight is 252 g/mol. The van der Waals surface area contributed by atoms with Crippen LogP contribution in [0.4, 0.5) is 0 Å². The van der Waals surface area contributed by atoms with Crippen LogP contribution < -0.4 is 5.32 Å². The Kier molecular flexibility index (Phi) is 4.71. The van der Waals surface area contributed by atoms with E-state index in [1.54, 1.807) is 0 Å². The lowest BCUT2D eigenvalue weighted by Gasteiger charge is -2.42. The highest BCUT2D eigenvalue weighted by atomic mass is 15.2. The van der Waals surface area contributed by atoms with Crippen molar-refractivity contribution in [2.45, 2.75) is 71.4 Å². The summed E-state index contributed by atoms with van der Waals surface area (Å²) in [5.41, 5.74) is 0.449. The lowest BCUT2D eigenvalue weighted by Crippen LogP contribution is -2.49. The van der Waals surface area contributed by atoms with Gasteiger partial charge in [-0.25, -0.2) is 0 Å². The first-order chi connectivity index (χ1) is 8.53. The minimum Gasteiger partial charge on any atom is -0.311 e. The molecule has 2 nitrogen and oxygen atoms in total. The van der Waals surface area contributed by atoms with Crippen LogP contribution in [0.25, 0.3) is 0 Å². The zero-order chi connectivity index (χ0) is 13.2. The van der Waals surface area contributed by atoms with Gasteiger partial charge in [-0.1, -0.05) is 13.8 Å². The van der Waals surface area contributed by atoms with E-state index in [1.165, 1.54) is 51.7 Å². The van der Waals surface area contributed by atoms with Crippen LogP contribution in [0.3, 0.4) is 0 Å². The molecule has 106 valence electrons. The summed E-state index contributed by atoms with van der Waals surface area (Å²) < 4.78 is 0. The second-order valence-electron chi connectivity index (χ2n) is 7.14. The molecule has 2 heteroatoms. The Hall–Kier alpha value is -0.0800. The molecule has 0 aromatic heterocycles. The number of rotatable bonds is 4. The van der Waals surface area contributed by atoms with E-state index in [4.69, 9.17) is 0 Å². The van der Waals surface area contributed by atoms with Crippen molar-refractivity contribution in [2.24, 2.45) is 11.8 Å². The summed E-state index contributed by atoms with van der Waals surface area (Å²) in [5.74, 6) is 1.68. The molecule has 0 amide bonds. The Labute approximate surface area is 114 Å². The van der Waals surface area contributed by atoms with E-state index in [-0.39, 0.29) is 0 Å². The monoisotopic (exact) mass is 252 g/mol. The van der Waals surface area contributed by atoms with Crippen molar-refractivity contribution in [3.63, 3.8) is 0 Å². The summed E-state index contributed by atoms with van der Waals surface area (Å²) in [6.45, 7) is 13.4. The van der Waals surface area contributed by atoms with Crippen molar-refractivity contribution in [1.82, 2.24) is 10.2 Å². The highest BCUT2D eigenvalue weighted by Gasteiger charge is 2.39. The third kappa shape index (κ3) is 3.08. The Morgan fingerprint density at radius 3 is 2.56 bits per heavy atom. The number of piperidine rings is 1. The van der Waals surface area contributed by atoms with E-state index in [0.717, 1.165) is 17.9 Å². The van der Waals surface area contributed by atoms with Gasteiger partial charge < -0.3 is 10.2 Å². The second-order valence-corrected chi connectivity index (χ2v) is 7.14. The fraction of sp³-hybridized carbons (Fsp3) is 1.00. The van der Waals surface area contributed by atoms with Crippen molar-refractivity contribution in [3.05, 3.63) is 0 Å². The van der Waals surface area contributed by atoms with E-state index in [0.29, 0.717) is 5.54 Å². The standard InChI is InChI=1S/C16H32N2/c1-13(2)16(8-6-9-17-16)11-15-7-5-10-18(12-15)14(3)4/h13-15,17H,5-12H2,1-4H3. The molecule has 2 fully saturated rings. The quantitative estimate of drug-likeness (QED) is 0.826. The van der Waals surface area contributed by atoms with Crippen LogP contribution in [0.15, 0.2) is 0 Å². The fourth-order valence-electron chi connectivity index (χ4n) is 3.98. The highest BCUT2D eigenvalue weighted by molar-refractivity contribution is 4.97. The third-order valence-corrected chi connectivity index (χ3v) is 5.32. The van der Waals surface area contributed by atoms with Crippen LogP contribution in [0.5, 0.6) is 0 Å². The first kappa shape index (κ1) is 14.3. The van der Waals surface area contributed by atoms with Crippen molar-refractivity contribution in [2.75, 3.05) is 19.6 Å². The third-order valence-electron chi connectivity index (χ3n) is 5.32. The number of nitrogens with one attached hydrogen (secondary N) is 1. The van der Waals surface area contributed by atoms with E-state index in [9.17, 15) is 0 Å². The van der Waals surface area contributed by atoms with Gasteiger partial charge in [0.15, 0.2) is 0 Å². The van der Waals surface area contributed by atoms with Crippen molar-refractivity contribution < 1.29 is 0 Å². The smallest absolute Gasteiger partial charge is 0.0208 e. The maximum atomic E-state index is 3.84. The van der Waals surface area contributed by atoms with E-state index < -0.39 is 0 Å². The summed E-state index contributed by atoms with van der Waals surface area (Å²) in [4.78, 5) is 2.68. The van der Waals surface area contributed by atoms with Gasteiger partial charge in [0.05, 0.1) is 0 Å². The Morgan fingerprint density at radius 2 is 2.00 bits per heavy atom. The molecule has 0 spiro atoms. The number of likely N-dealkylation sites (tertiary alicyclic amines) is 1. The zero-order valence-corrected chi connectivity index (χ0v) is 12.8. The lowest BCUT2D eigenvalue weighted by atomic mass is 9.75. The molecule has 2 atom stereocenters. The Bertz CT molecular complexity index is 254. The second kappa shape index (κ2) is 5.92. The number of nitrogens with zero attached hydrogens (tertiary/aromatic N) is 1. The SMILES string of the molecule is CC(C)N1CCCC(CC2(C(C)C)CCCN2)C1. The molecule has 18 heavy (non-hydrogen) atoms. The fourth-order valence-corrected chi connectivity index (χ4v) is 3.98. The first-order valence-corrected chi connectivity index (χ1v) is 8.02. The molecule has 0 saturated carbocycles. The van der Waals surface area contributed by atoms with Gasteiger partial charge in [-0.2, -0.15) is 0 Å². The molecule has 2 rings (SSSR count). The maximum Gasteiger partial charge on any atom is 0.0208 e. The molecule has 1 N–H and O–H groups in total. The molecule has 2 aliphatic heterocycles.